The molecule has 1 N–H and O–H groups in total. The minimum absolute atomic E-state index is 0.0554. The van der Waals surface area contributed by atoms with Gasteiger partial charge < -0.3 is 24.3 Å². The monoisotopic (exact) mass is 559 g/mol. The van der Waals surface area contributed by atoms with E-state index in [9.17, 15) is 4.79 Å². The van der Waals surface area contributed by atoms with Gasteiger partial charge in [-0.1, -0.05) is 99.7 Å². The smallest absolute Gasteiger partial charge is 0.407 e. The van der Waals surface area contributed by atoms with Gasteiger partial charge in [-0.25, -0.2) is 4.79 Å². The van der Waals surface area contributed by atoms with Crippen molar-refractivity contribution >= 4 is 6.09 Å². The fourth-order valence-corrected chi connectivity index (χ4v) is 5.28. The zero-order valence-corrected chi connectivity index (χ0v) is 24.4. The molecule has 0 aliphatic heterocycles. The SMILES string of the molecule is CCCCCCCCc1ccc(OCCOCCOCCNC(=O)OCC2c3ccccc3-c3ccccc32)cc1. The molecule has 0 spiro atoms. The Bertz CT molecular complexity index is 1130. The second-order valence-electron chi connectivity index (χ2n) is 10.5. The number of carbonyl (C=O) groups is 1. The fraction of sp³-hybridized carbons (Fsp3) is 0.457. The van der Waals surface area contributed by atoms with E-state index in [1.807, 2.05) is 36.4 Å². The fourth-order valence-electron chi connectivity index (χ4n) is 5.28. The zero-order chi connectivity index (χ0) is 28.5. The number of hydrogen-bond donors (Lipinski definition) is 1. The van der Waals surface area contributed by atoms with Crippen LogP contribution in [0.5, 0.6) is 5.75 Å². The Morgan fingerprint density at radius 1 is 0.707 bits per heavy atom. The minimum Gasteiger partial charge on any atom is -0.491 e. The van der Waals surface area contributed by atoms with Gasteiger partial charge in [0, 0.05) is 12.5 Å². The van der Waals surface area contributed by atoms with Gasteiger partial charge in [0.2, 0.25) is 0 Å². The summed E-state index contributed by atoms with van der Waals surface area (Å²) >= 11 is 0. The molecule has 0 fully saturated rings. The summed E-state index contributed by atoms with van der Waals surface area (Å²) in [7, 11) is 0. The summed E-state index contributed by atoms with van der Waals surface area (Å²) in [5.41, 5.74) is 6.20. The quantitative estimate of drug-likeness (QED) is 0.154. The topological polar surface area (TPSA) is 66.0 Å². The van der Waals surface area contributed by atoms with Gasteiger partial charge in [0.1, 0.15) is 19.0 Å². The van der Waals surface area contributed by atoms with E-state index in [0.717, 1.165) is 12.2 Å². The zero-order valence-electron chi connectivity index (χ0n) is 24.4. The maximum atomic E-state index is 12.2. The molecule has 0 radical (unpaired) electrons. The lowest BCUT2D eigenvalue weighted by Gasteiger charge is -2.14. The van der Waals surface area contributed by atoms with Crippen LogP contribution in [-0.4, -0.2) is 52.3 Å². The van der Waals surface area contributed by atoms with Crippen LogP contribution in [-0.2, 0) is 20.6 Å². The highest BCUT2D eigenvalue weighted by atomic mass is 16.6. The van der Waals surface area contributed by atoms with Crippen molar-refractivity contribution in [2.45, 2.75) is 57.8 Å². The lowest BCUT2D eigenvalue weighted by Crippen LogP contribution is -2.29. The molecular formula is C35H45NO5. The molecule has 6 heteroatoms. The molecule has 0 aromatic heterocycles. The van der Waals surface area contributed by atoms with E-state index in [1.54, 1.807) is 0 Å². The molecule has 0 unspecified atom stereocenters. The Kier molecular flexibility index (Phi) is 13.0. The maximum absolute atomic E-state index is 12.2. The number of ether oxygens (including phenoxy) is 4. The largest absolute Gasteiger partial charge is 0.491 e. The highest BCUT2D eigenvalue weighted by Crippen LogP contribution is 2.44. The first-order valence-electron chi connectivity index (χ1n) is 15.2. The highest BCUT2D eigenvalue weighted by molar-refractivity contribution is 5.79. The van der Waals surface area contributed by atoms with E-state index in [1.165, 1.54) is 66.3 Å². The Labute approximate surface area is 245 Å². The first-order chi connectivity index (χ1) is 20.3. The van der Waals surface area contributed by atoms with E-state index in [0.29, 0.717) is 46.2 Å². The molecule has 1 aliphatic carbocycles. The van der Waals surface area contributed by atoms with Crippen LogP contribution in [0, 0.1) is 0 Å². The molecule has 0 saturated carbocycles. The first kappa shape index (κ1) is 30.6. The Balaban J connectivity index is 0.982. The predicted octanol–water partition coefficient (Wildman–Crippen LogP) is 7.54. The molecule has 3 aromatic rings. The molecule has 0 atom stereocenters. The van der Waals surface area contributed by atoms with E-state index >= 15 is 0 Å². The van der Waals surface area contributed by atoms with Crippen LogP contribution in [0.25, 0.3) is 11.1 Å². The third-order valence-corrected chi connectivity index (χ3v) is 7.47. The normalized spacial score (nSPS) is 12.1. The second-order valence-corrected chi connectivity index (χ2v) is 10.5. The Morgan fingerprint density at radius 3 is 2.02 bits per heavy atom. The van der Waals surface area contributed by atoms with Gasteiger partial charge in [-0.3, -0.25) is 0 Å². The molecular weight excluding hydrogens is 514 g/mol. The standard InChI is InChI=1S/C35H45NO5/c1-2-3-4-5-6-7-12-28-17-19-29(20-18-28)40-26-25-39-24-23-38-22-21-36-35(37)41-27-34-32-15-10-8-13-30(32)31-14-9-11-16-33(31)34/h8-11,13-20,34H,2-7,12,21-27H2,1H3,(H,36,37). The number of fused-ring (bicyclic) bond motifs is 3. The van der Waals surface area contributed by atoms with Crippen LogP contribution in [0.4, 0.5) is 4.79 Å². The molecule has 220 valence electrons. The molecule has 1 aliphatic rings. The van der Waals surface area contributed by atoms with Crippen molar-refractivity contribution in [3.8, 4) is 16.9 Å². The van der Waals surface area contributed by atoms with Crippen molar-refractivity contribution in [2.24, 2.45) is 0 Å². The summed E-state index contributed by atoms with van der Waals surface area (Å²) in [5, 5.41) is 2.76. The van der Waals surface area contributed by atoms with Crippen LogP contribution in [0.3, 0.4) is 0 Å². The van der Waals surface area contributed by atoms with Crippen LogP contribution in [0.2, 0.25) is 0 Å². The lowest BCUT2D eigenvalue weighted by molar-refractivity contribution is 0.0369. The summed E-state index contributed by atoms with van der Waals surface area (Å²) in [6.45, 7) is 5.28. The number of benzene rings is 3. The number of alkyl carbamates (subject to hydrolysis) is 1. The van der Waals surface area contributed by atoms with Crippen LogP contribution < -0.4 is 10.1 Å². The Morgan fingerprint density at radius 2 is 1.32 bits per heavy atom. The van der Waals surface area contributed by atoms with E-state index in [4.69, 9.17) is 18.9 Å². The van der Waals surface area contributed by atoms with Crippen molar-refractivity contribution in [1.29, 1.82) is 0 Å². The van der Waals surface area contributed by atoms with Gasteiger partial charge in [0.05, 0.1) is 26.4 Å². The van der Waals surface area contributed by atoms with Gasteiger partial charge >= 0.3 is 6.09 Å². The number of carbonyl (C=O) groups excluding carboxylic acids is 1. The summed E-state index contributed by atoms with van der Waals surface area (Å²) < 4.78 is 22.5. The van der Waals surface area contributed by atoms with Crippen molar-refractivity contribution in [1.82, 2.24) is 5.32 Å². The van der Waals surface area contributed by atoms with E-state index in [2.05, 4.69) is 48.6 Å². The van der Waals surface area contributed by atoms with Gasteiger partial charge in [-0.2, -0.15) is 0 Å². The van der Waals surface area contributed by atoms with Crippen molar-refractivity contribution in [3.05, 3.63) is 89.5 Å². The predicted molar refractivity (Wildman–Crippen MR) is 164 cm³/mol. The van der Waals surface area contributed by atoms with Crippen molar-refractivity contribution < 1.29 is 23.7 Å². The number of amides is 1. The number of unbranched alkanes of at least 4 members (excludes halogenated alkanes) is 5. The van der Waals surface area contributed by atoms with Gasteiger partial charge in [-0.15, -0.1) is 0 Å². The van der Waals surface area contributed by atoms with Crippen molar-refractivity contribution in [2.75, 3.05) is 46.2 Å². The van der Waals surface area contributed by atoms with Gasteiger partial charge in [-0.05, 0) is 52.8 Å². The summed E-state index contributed by atoms with van der Waals surface area (Å²) in [6.07, 6.45) is 8.63. The number of nitrogens with one attached hydrogen (secondary N) is 1. The maximum Gasteiger partial charge on any atom is 0.407 e. The first-order valence-corrected chi connectivity index (χ1v) is 15.2. The molecule has 6 nitrogen and oxygen atoms in total. The molecule has 4 rings (SSSR count). The van der Waals surface area contributed by atoms with Crippen LogP contribution >= 0.6 is 0 Å². The second kappa shape index (κ2) is 17.5. The van der Waals surface area contributed by atoms with E-state index in [-0.39, 0.29) is 5.92 Å². The van der Waals surface area contributed by atoms with Gasteiger partial charge in [0.25, 0.3) is 0 Å². The summed E-state index contributed by atoms with van der Waals surface area (Å²) in [4.78, 5) is 12.2. The molecule has 1 amide bonds. The average molecular weight is 560 g/mol. The van der Waals surface area contributed by atoms with E-state index < -0.39 is 6.09 Å². The number of rotatable bonds is 19. The van der Waals surface area contributed by atoms with Crippen LogP contribution in [0.1, 0.15) is 68.1 Å². The highest BCUT2D eigenvalue weighted by Gasteiger charge is 2.28. The summed E-state index contributed by atoms with van der Waals surface area (Å²) in [6, 6.07) is 25.0. The van der Waals surface area contributed by atoms with Crippen molar-refractivity contribution in [3.63, 3.8) is 0 Å². The third kappa shape index (κ3) is 9.91. The molecule has 0 saturated heterocycles. The molecule has 0 heterocycles. The summed E-state index contributed by atoms with van der Waals surface area (Å²) in [5.74, 6) is 0.927. The minimum atomic E-state index is -0.431. The molecule has 0 bridgehead atoms. The Hall–Kier alpha value is -3.35. The van der Waals surface area contributed by atoms with Gasteiger partial charge in [0.15, 0.2) is 0 Å². The van der Waals surface area contributed by atoms with Crippen LogP contribution in [0.15, 0.2) is 72.8 Å². The third-order valence-electron chi connectivity index (χ3n) is 7.47. The molecule has 3 aromatic carbocycles. The molecule has 41 heavy (non-hydrogen) atoms. The number of aryl methyl sites for hydroxylation is 1. The number of hydrogen-bond acceptors (Lipinski definition) is 5. The lowest BCUT2D eigenvalue weighted by atomic mass is 9.98. The average Bonchev–Trinajstić information content (AvgIpc) is 3.33.